The fourth-order valence-electron chi connectivity index (χ4n) is 3.34. The second kappa shape index (κ2) is 9.23. The zero-order valence-electron chi connectivity index (χ0n) is 16.4. The normalized spacial score (nSPS) is 15.2. The van der Waals surface area contributed by atoms with Crippen molar-refractivity contribution in [3.8, 4) is 5.75 Å². The molecule has 1 aliphatic heterocycles. The number of hydrogen-bond donors (Lipinski definition) is 0. The van der Waals surface area contributed by atoms with Crippen LogP contribution in [-0.4, -0.2) is 49.1 Å². The molecule has 0 N–H and O–H groups in total. The van der Waals surface area contributed by atoms with Gasteiger partial charge in [0.25, 0.3) is 5.91 Å². The molecule has 0 saturated carbocycles. The lowest BCUT2D eigenvalue weighted by atomic mass is 9.94. The highest BCUT2D eigenvalue weighted by Crippen LogP contribution is 2.24. The first kappa shape index (κ1) is 20.4. The number of para-hydroxylation sites is 1. The van der Waals surface area contributed by atoms with Gasteiger partial charge in [0, 0.05) is 13.0 Å². The Morgan fingerprint density at radius 3 is 2.45 bits per heavy atom. The fourth-order valence-corrected chi connectivity index (χ4v) is 3.34. The van der Waals surface area contributed by atoms with Gasteiger partial charge in [0.05, 0.1) is 13.7 Å². The van der Waals surface area contributed by atoms with E-state index in [1.165, 1.54) is 12.0 Å². The Hall–Kier alpha value is -3.35. The molecule has 2 aromatic carbocycles. The molecular formula is C22H23NO6. The standard InChI is InChI=1S/C22H23NO6/c1-3-28-19-11-7-6-10-17(19)21(25)29-14-20(24)23-13-16-9-5-4-8-15(16)12-18(23)22(26)27-2/h4-11,18H,3,12-14H2,1-2H3/t18-/m1/s1. The molecule has 0 bridgehead atoms. The summed E-state index contributed by atoms with van der Waals surface area (Å²) in [5.41, 5.74) is 2.19. The molecule has 1 amide bonds. The van der Waals surface area contributed by atoms with Crippen LogP contribution in [0.1, 0.15) is 28.4 Å². The summed E-state index contributed by atoms with van der Waals surface area (Å²) in [4.78, 5) is 38.9. The number of carbonyl (C=O) groups excluding carboxylic acids is 3. The smallest absolute Gasteiger partial charge is 0.342 e. The van der Waals surface area contributed by atoms with E-state index in [2.05, 4.69) is 0 Å². The molecule has 0 unspecified atom stereocenters. The van der Waals surface area contributed by atoms with Gasteiger partial charge in [-0.2, -0.15) is 0 Å². The number of methoxy groups -OCH3 is 1. The van der Waals surface area contributed by atoms with Crippen LogP contribution >= 0.6 is 0 Å². The predicted octanol–water partition coefficient (Wildman–Crippen LogP) is 2.37. The average molecular weight is 397 g/mol. The Labute approximate surface area is 169 Å². The summed E-state index contributed by atoms with van der Waals surface area (Å²) in [5, 5.41) is 0. The first-order valence-corrected chi connectivity index (χ1v) is 9.38. The van der Waals surface area contributed by atoms with E-state index in [4.69, 9.17) is 14.2 Å². The number of ether oxygens (including phenoxy) is 3. The zero-order chi connectivity index (χ0) is 20.8. The van der Waals surface area contributed by atoms with E-state index in [0.29, 0.717) is 18.8 Å². The lowest BCUT2D eigenvalue weighted by Gasteiger charge is -2.35. The van der Waals surface area contributed by atoms with Gasteiger partial charge in [0.15, 0.2) is 6.61 Å². The van der Waals surface area contributed by atoms with Gasteiger partial charge >= 0.3 is 11.9 Å². The van der Waals surface area contributed by atoms with Crippen LogP contribution in [0, 0.1) is 0 Å². The van der Waals surface area contributed by atoms with Crippen molar-refractivity contribution in [2.45, 2.75) is 25.9 Å². The van der Waals surface area contributed by atoms with E-state index in [9.17, 15) is 14.4 Å². The largest absolute Gasteiger partial charge is 0.493 e. The van der Waals surface area contributed by atoms with Gasteiger partial charge in [-0.05, 0) is 30.2 Å². The van der Waals surface area contributed by atoms with Crippen molar-refractivity contribution < 1.29 is 28.6 Å². The Bertz CT molecular complexity index is 910. The molecule has 152 valence electrons. The first-order chi connectivity index (χ1) is 14.0. The van der Waals surface area contributed by atoms with Crippen LogP contribution in [0.5, 0.6) is 5.75 Å². The van der Waals surface area contributed by atoms with Crippen LogP contribution in [0.15, 0.2) is 48.5 Å². The van der Waals surface area contributed by atoms with E-state index < -0.39 is 30.5 Å². The summed E-state index contributed by atoms with van der Waals surface area (Å²) in [6.07, 6.45) is 0.357. The van der Waals surface area contributed by atoms with Gasteiger partial charge in [-0.3, -0.25) is 4.79 Å². The molecule has 0 radical (unpaired) electrons. The summed E-state index contributed by atoms with van der Waals surface area (Å²) >= 11 is 0. The Balaban J connectivity index is 1.72. The predicted molar refractivity (Wildman–Crippen MR) is 104 cm³/mol. The second-order valence-corrected chi connectivity index (χ2v) is 6.54. The number of amides is 1. The Kier molecular flexibility index (Phi) is 6.49. The van der Waals surface area contributed by atoms with Crippen LogP contribution in [0.3, 0.4) is 0 Å². The topological polar surface area (TPSA) is 82.1 Å². The van der Waals surface area contributed by atoms with Crippen molar-refractivity contribution in [3.05, 3.63) is 65.2 Å². The van der Waals surface area contributed by atoms with Crippen molar-refractivity contribution in [3.63, 3.8) is 0 Å². The van der Waals surface area contributed by atoms with Crippen molar-refractivity contribution >= 4 is 17.8 Å². The van der Waals surface area contributed by atoms with Crippen molar-refractivity contribution in [1.29, 1.82) is 0 Å². The molecule has 3 rings (SSSR count). The summed E-state index contributed by atoms with van der Waals surface area (Å²) in [6.45, 7) is 1.99. The highest BCUT2D eigenvalue weighted by molar-refractivity contribution is 5.94. The van der Waals surface area contributed by atoms with Crippen molar-refractivity contribution in [2.75, 3.05) is 20.3 Å². The Morgan fingerprint density at radius 1 is 1.03 bits per heavy atom. The van der Waals surface area contributed by atoms with Crippen LogP contribution in [0.25, 0.3) is 0 Å². The van der Waals surface area contributed by atoms with E-state index >= 15 is 0 Å². The number of benzene rings is 2. The second-order valence-electron chi connectivity index (χ2n) is 6.54. The maximum atomic E-state index is 12.8. The number of nitrogens with zero attached hydrogens (tertiary/aromatic N) is 1. The molecule has 7 nitrogen and oxygen atoms in total. The number of rotatable bonds is 6. The van der Waals surface area contributed by atoms with Crippen LogP contribution in [-0.2, 0) is 32.0 Å². The number of hydrogen-bond acceptors (Lipinski definition) is 6. The molecule has 0 aromatic heterocycles. The maximum Gasteiger partial charge on any atom is 0.342 e. The zero-order valence-corrected chi connectivity index (χ0v) is 16.4. The summed E-state index contributed by atoms with van der Waals surface area (Å²) in [5.74, 6) is -1.22. The average Bonchev–Trinajstić information content (AvgIpc) is 2.76. The minimum absolute atomic E-state index is 0.246. The van der Waals surface area contributed by atoms with Crippen molar-refractivity contribution in [1.82, 2.24) is 4.90 Å². The molecule has 7 heteroatoms. The van der Waals surface area contributed by atoms with Gasteiger partial charge in [-0.25, -0.2) is 9.59 Å². The van der Waals surface area contributed by atoms with Gasteiger partial charge in [-0.1, -0.05) is 36.4 Å². The lowest BCUT2D eigenvalue weighted by molar-refractivity contribution is -0.155. The van der Waals surface area contributed by atoms with Crippen LogP contribution in [0.2, 0.25) is 0 Å². The summed E-state index contributed by atoms with van der Waals surface area (Å²) in [7, 11) is 1.29. The molecule has 0 fully saturated rings. The van der Waals surface area contributed by atoms with Crippen LogP contribution in [0.4, 0.5) is 0 Å². The number of esters is 2. The first-order valence-electron chi connectivity index (χ1n) is 9.38. The number of carbonyl (C=O) groups is 3. The van der Waals surface area contributed by atoms with Crippen molar-refractivity contribution in [2.24, 2.45) is 0 Å². The Morgan fingerprint density at radius 2 is 1.72 bits per heavy atom. The SMILES string of the molecule is CCOc1ccccc1C(=O)OCC(=O)N1Cc2ccccc2C[C@@H]1C(=O)OC. The maximum absolute atomic E-state index is 12.8. The molecule has 0 aliphatic carbocycles. The molecule has 0 saturated heterocycles. The fraction of sp³-hybridized carbons (Fsp3) is 0.318. The molecule has 0 spiro atoms. The third kappa shape index (κ3) is 4.56. The van der Waals surface area contributed by atoms with Gasteiger partial charge in [-0.15, -0.1) is 0 Å². The van der Waals surface area contributed by atoms with Gasteiger partial charge in [0.1, 0.15) is 17.4 Å². The minimum atomic E-state index is -0.753. The molecule has 1 aliphatic rings. The third-order valence-corrected chi connectivity index (χ3v) is 4.78. The van der Waals surface area contributed by atoms with E-state index in [1.54, 1.807) is 24.3 Å². The highest BCUT2D eigenvalue weighted by atomic mass is 16.5. The molecule has 2 aromatic rings. The minimum Gasteiger partial charge on any atom is -0.493 e. The van der Waals surface area contributed by atoms with E-state index in [0.717, 1.165) is 11.1 Å². The lowest BCUT2D eigenvalue weighted by Crippen LogP contribution is -2.50. The van der Waals surface area contributed by atoms with Crippen LogP contribution < -0.4 is 4.74 Å². The van der Waals surface area contributed by atoms with Gasteiger partial charge in [0.2, 0.25) is 0 Å². The molecule has 1 heterocycles. The summed E-state index contributed by atoms with van der Waals surface area (Å²) < 4.78 is 15.5. The quantitative estimate of drug-likeness (QED) is 0.696. The van der Waals surface area contributed by atoms with Gasteiger partial charge < -0.3 is 19.1 Å². The number of fused-ring (bicyclic) bond motifs is 1. The summed E-state index contributed by atoms with van der Waals surface area (Å²) in [6, 6.07) is 13.5. The monoisotopic (exact) mass is 397 g/mol. The highest BCUT2D eigenvalue weighted by Gasteiger charge is 2.35. The van der Waals surface area contributed by atoms with E-state index in [-0.39, 0.29) is 12.1 Å². The molecule has 29 heavy (non-hydrogen) atoms. The van der Waals surface area contributed by atoms with E-state index in [1.807, 2.05) is 31.2 Å². The molecule has 1 atom stereocenters. The third-order valence-electron chi connectivity index (χ3n) is 4.78. The molecular weight excluding hydrogens is 374 g/mol.